The second-order valence-electron chi connectivity index (χ2n) is 5.84. The molecule has 25 heavy (non-hydrogen) atoms. The van der Waals surface area contributed by atoms with Gasteiger partial charge in [0.1, 0.15) is 6.04 Å². The van der Waals surface area contributed by atoms with Crippen molar-refractivity contribution in [3.8, 4) is 0 Å². The van der Waals surface area contributed by atoms with Gasteiger partial charge in [0.05, 0.1) is 5.56 Å². The summed E-state index contributed by atoms with van der Waals surface area (Å²) in [4.78, 5) is 25.6. The van der Waals surface area contributed by atoms with Gasteiger partial charge in [-0.3, -0.25) is 4.79 Å². The number of para-hydroxylation sites is 1. The lowest BCUT2D eigenvalue weighted by Crippen LogP contribution is -2.38. The second-order valence-corrected chi connectivity index (χ2v) is 5.84. The van der Waals surface area contributed by atoms with Crippen LogP contribution in [0.4, 0.5) is 0 Å². The smallest absolute Gasteiger partial charge is 0.335 e. The van der Waals surface area contributed by atoms with Gasteiger partial charge < -0.3 is 20.5 Å². The summed E-state index contributed by atoms with van der Waals surface area (Å²) in [7, 11) is 0. The Kier molecular flexibility index (Phi) is 4.81. The van der Waals surface area contributed by atoms with Gasteiger partial charge in [0.25, 0.3) is 0 Å². The maximum Gasteiger partial charge on any atom is 0.335 e. The third kappa shape index (κ3) is 3.87. The lowest BCUT2D eigenvalue weighted by atomic mass is 10.0. The van der Waals surface area contributed by atoms with Crippen LogP contribution in [0, 0.1) is 0 Å². The highest BCUT2D eigenvalue weighted by Crippen LogP contribution is 2.19. The molecule has 1 heterocycles. The van der Waals surface area contributed by atoms with E-state index in [4.69, 9.17) is 5.11 Å². The Labute approximate surface area is 144 Å². The topological polar surface area (TPSA) is 102 Å². The zero-order chi connectivity index (χ0) is 17.8. The molecule has 0 saturated heterocycles. The van der Waals surface area contributed by atoms with Crippen LogP contribution in [0.15, 0.2) is 54.7 Å². The number of H-pyrrole nitrogens is 1. The summed E-state index contributed by atoms with van der Waals surface area (Å²) < 4.78 is 0. The average molecular weight is 338 g/mol. The normalized spacial score (nSPS) is 12.2. The molecular weight excluding hydrogens is 320 g/mol. The first-order valence-corrected chi connectivity index (χ1v) is 7.88. The van der Waals surface area contributed by atoms with Gasteiger partial charge in [-0.1, -0.05) is 30.3 Å². The molecule has 0 aliphatic carbocycles. The summed E-state index contributed by atoms with van der Waals surface area (Å²) in [5.41, 5.74) is 2.95. The highest BCUT2D eigenvalue weighted by molar-refractivity contribution is 5.87. The van der Waals surface area contributed by atoms with Crippen LogP contribution in [0.25, 0.3) is 10.9 Å². The van der Waals surface area contributed by atoms with Crippen LogP contribution in [0.1, 0.15) is 21.5 Å². The quantitative estimate of drug-likeness (QED) is 0.530. The van der Waals surface area contributed by atoms with E-state index in [1.165, 1.54) is 12.1 Å². The van der Waals surface area contributed by atoms with Gasteiger partial charge in [-0.2, -0.15) is 0 Å². The molecular formula is C19H18N2O4. The number of nitrogens with one attached hydrogen (secondary N) is 2. The molecule has 3 aromatic rings. The van der Waals surface area contributed by atoms with Gasteiger partial charge in [0.15, 0.2) is 0 Å². The lowest BCUT2D eigenvalue weighted by molar-refractivity contribution is -0.139. The van der Waals surface area contributed by atoms with Crippen LogP contribution >= 0.6 is 0 Å². The van der Waals surface area contributed by atoms with Crippen LogP contribution in [-0.2, 0) is 17.8 Å². The first kappa shape index (κ1) is 16.7. The highest BCUT2D eigenvalue weighted by Gasteiger charge is 2.19. The molecule has 0 bridgehead atoms. The van der Waals surface area contributed by atoms with Crippen molar-refractivity contribution in [2.75, 3.05) is 0 Å². The van der Waals surface area contributed by atoms with Crippen molar-refractivity contribution in [3.05, 3.63) is 71.4 Å². The zero-order valence-corrected chi connectivity index (χ0v) is 13.4. The van der Waals surface area contributed by atoms with Crippen molar-refractivity contribution in [2.24, 2.45) is 0 Å². The predicted molar refractivity (Wildman–Crippen MR) is 93.7 cm³/mol. The van der Waals surface area contributed by atoms with Crippen LogP contribution in [0.5, 0.6) is 0 Å². The highest BCUT2D eigenvalue weighted by atomic mass is 16.4. The molecule has 0 fully saturated rings. The van der Waals surface area contributed by atoms with E-state index in [0.29, 0.717) is 13.0 Å². The van der Waals surface area contributed by atoms with Gasteiger partial charge >= 0.3 is 11.9 Å². The average Bonchev–Trinajstić information content (AvgIpc) is 3.01. The van der Waals surface area contributed by atoms with Crippen molar-refractivity contribution >= 4 is 22.8 Å². The van der Waals surface area contributed by atoms with E-state index in [1.54, 1.807) is 12.1 Å². The molecule has 0 amide bonds. The van der Waals surface area contributed by atoms with E-state index < -0.39 is 18.0 Å². The molecule has 3 rings (SSSR count). The summed E-state index contributed by atoms with van der Waals surface area (Å²) in [6, 6.07) is 13.4. The van der Waals surface area contributed by atoms with Crippen LogP contribution < -0.4 is 5.32 Å². The summed E-state index contributed by atoms with van der Waals surface area (Å²) in [6.07, 6.45) is 2.19. The van der Waals surface area contributed by atoms with Crippen molar-refractivity contribution in [3.63, 3.8) is 0 Å². The fourth-order valence-corrected chi connectivity index (χ4v) is 2.77. The van der Waals surface area contributed by atoms with Crippen LogP contribution in [-0.4, -0.2) is 33.2 Å². The van der Waals surface area contributed by atoms with E-state index in [0.717, 1.165) is 22.0 Å². The number of carbonyl (C=O) groups is 2. The molecule has 1 aromatic heterocycles. The van der Waals surface area contributed by atoms with E-state index in [2.05, 4.69) is 10.3 Å². The van der Waals surface area contributed by atoms with Crippen LogP contribution in [0.2, 0.25) is 0 Å². The fourth-order valence-electron chi connectivity index (χ4n) is 2.77. The molecule has 0 unspecified atom stereocenters. The van der Waals surface area contributed by atoms with Gasteiger partial charge in [0.2, 0.25) is 0 Å². The third-order valence-corrected chi connectivity index (χ3v) is 4.15. The monoisotopic (exact) mass is 338 g/mol. The Morgan fingerprint density at radius 1 is 1.04 bits per heavy atom. The van der Waals surface area contributed by atoms with Crippen molar-refractivity contribution in [2.45, 2.75) is 19.0 Å². The van der Waals surface area contributed by atoms with E-state index in [-0.39, 0.29) is 5.56 Å². The van der Waals surface area contributed by atoms with Gasteiger partial charge in [0, 0.05) is 30.1 Å². The SMILES string of the molecule is O=C(O)c1ccc(CN[C@H](Cc2c[nH]c3ccccc23)C(=O)O)cc1. The number of carboxylic acids is 2. The van der Waals surface area contributed by atoms with Gasteiger partial charge in [-0.15, -0.1) is 0 Å². The number of hydrogen-bond donors (Lipinski definition) is 4. The second kappa shape index (κ2) is 7.19. The minimum absolute atomic E-state index is 0.206. The molecule has 0 saturated carbocycles. The minimum Gasteiger partial charge on any atom is -0.480 e. The molecule has 1 atom stereocenters. The fraction of sp³-hybridized carbons (Fsp3) is 0.158. The van der Waals surface area contributed by atoms with E-state index >= 15 is 0 Å². The number of rotatable bonds is 7. The lowest BCUT2D eigenvalue weighted by Gasteiger charge is -2.14. The van der Waals surface area contributed by atoms with E-state index in [9.17, 15) is 14.7 Å². The molecule has 0 radical (unpaired) electrons. The number of aromatic carboxylic acids is 1. The predicted octanol–water partition coefficient (Wildman–Crippen LogP) is 2.65. The molecule has 0 aliphatic heterocycles. The van der Waals surface area contributed by atoms with Gasteiger partial charge in [-0.05, 0) is 29.3 Å². The number of carboxylic acid groups (broad SMARTS) is 2. The van der Waals surface area contributed by atoms with E-state index in [1.807, 2.05) is 30.5 Å². The molecule has 6 nitrogen and oxygen atoms in total. The number of aliphatic carboxylic acids is 1. The molecule has 128 valence electrons. The largest absolute Gasteiger partial charge is 0.480 e. The number of fused-ring (bicyclic) bond motifs is 1. The summed E-state index contributed by atoms with van der Waals surface area (Å²) in [6.45, 7) is 0.346. The maximum atomic E-state index is 11.6. The van der Waals surface area contributed by atoms with Crippen molar-refractivity contribution in [1.82, 2.24) is 10.3 Å². The first-order chi connectivity index (χ1) is 12.0. The molecule has 4 N–H and O–H groups in total. The summed E-state index contributed by atoms with van der Waals surface area (Å²) >= 11 is 0. The standard InChI is InChI=1S/C19H18N2O4/c22-18(23)13-7-5-12(6-8-13)10-20-17(19(24)25)9-14-11-21-16-4-2-1-3-15(14)16/h1-8,11,17,20-21H,9-10H2,(H,22,23)(H,24,25)/t17-/m1/s1. The Hall–Kier alpha value is -3.12. The zero-order valence-electron chi connectivity index (χ0n) is 13.4. The molecule has 0 spiro atoms. The summed E-state index contributed by atoms with van der Waals surface area (Å²) in [5.74, 6) is -1.91. The number of aromatic nitrogens is 1. The Morgan fingerprint density at radius 3 is 2.44 bits per heavy atom. The maximum absolute atomic E-state index is 11.6. The molecule has 2 aromatic carbocycles. The van der Waals surface area contributed by atoms with Crippen LogP contribution in [0.3, 0.4) is 0 Å². The van der Waals surface area contributed by atoms with Gasteiger partial charge in [-0.25, -0.2) is 4.79 Å². The molecule has 6 heteroatoms. The summed E-state index contributed by atoms with van der Waals surface area (Å²) in [5, 5.41) is 22.4. The van der Waals surface area contributed by atoms with Crippen molar-refractivity contribution in [1.29, 1.82) is 0 Å². The third-order valence-electron chi connectivity index (χ3n) is 4.15. The molecule has 0 aliphatic rings. The Balaban J connectivity index is 1.69. The number of hydrogen-bond acceptors (Lipinski definition) is 3. The number of aromatic amines is 1. The minimum atomic E-state index is -0.984. The Morgan fingerprint density at radius 2 is 1.76 bits per heavy atom. The Bertz CT molecular complexity index is 899. The first-order valence-electron chi connectivity index (χ1n) is 7.88. The number of benzene rings is 2. The van der Waals surface area contributed by atoms with Crippen molar-refractivity contribution < 1.29 is 19.8 Å².